The molecule has 3 nitrogen and oxygen atoms in total. The summed E-state index contributed by atoms with van der Waals surface area (Å²) < 4.78 is 11.9. The van der Waals surface area contributed by atoms with Gasteiger partial charge in [0.05, 0.1) is 6.61 Å². The van der Waals surface area contributed by atoms with E-state index in [0.29, 0.717) is 0 Å². The average molecular weight is 277 g/mol. The smallest absolute Gasteiger partial charge is 0.165 e. The molecule has 112 valence electrons. The molecule has 0 saturated heterocycles. The molecule has 1 aromatic rings. The Labute approximate surface area is 122 Å². The fourth-order valence-electron chi connectivity index (χ4n) is 2.54. The quantitative estimate of drug-likeness (QED) is 0.737. The maximum absolute atomic E-state index is 6.00. The normalized spacial score (nSPS) is 15.8. The van der Waals surface area contributed by atoms with Crippen molar-refractivity contribution in [1.29, 1.82) is 0 Å². The largest absolute Gasteiger partial charge is 0.490 e. The number of para-hydroxylation sites is 1. The summed E-state index contributed by atoms with van der Waals surface area (Å²) in [5, 5.41) is 3.41. The number of ether oxygens (including phenoxy) is 2. The van der Waals surface area contributed by atoms with Crippen LogP contribution in [0.15, 0.2) is 18.2 Å². The Morgan fingerprint density at radius 2 is 2.10 bits per heavy atom. The maximum Gasteiger partial charge on any atom is 0.165 e. The van der Waals surface area contributed by atoms with Crippen molar-refractivity contribution >= 4 is 0 Å². The van der Waals surface area contributed by atoms with Gasteiger partial charge in [-0.05, 0) is 52.3 Å². The fourth-order valence-corrected chi connectivity index (χ4v) is 2.54. The summed E-state index contributed by atoms with van der Waals surface area (Å²) in [6.45, 7) is 9.37. The van der Waals surface area contributed by atoms with Crippen LogP contribution in [0.3, 0.4) is 0 Å². The minimum absolute atomic E-state index is 0.105. The van der Waals surface area contributed by atoms with Gasteiger partial charge in [0.2, 0.25) is 0 Å². The predicted octanol–water partition coefficient (Wildman–Crippen LogP) is 3.56. The van der Waals surface area contributed by atoms with Gasteiger partial charge in [-0.1, -0.05) is 19.1 Å². The van der Waals surface area contributed by atoms with Gasteiger partial charge in [0.1, 0.15) is 5.60 Å². The first-order valence-electron chi connectivity index (χ1n) is 7.77. The van der Waals surface area contributed by atoms with Gasteiger partial charge < -0.3 is 14.8 Å². The van der Waals surface area contributed by atoms with Crippen molar-refractivity contribution in [3.63, 3.8) is 0 Å². The van der Waals surface area contributed by atoms with E-state index in [1.54, 1.807) is 0 Å². The van der Waals surface area contributed by atoms with Crippen LogP contribution in [0.2, 0.25) is 0 Å². The minimum atomic E-state index is -0.105. The van der Waals surface area contributed by atoms with E-state index in [-0.39, 0.29) is 5.60 Å². The van der Waals surface area contributed by atoms with Gasteiger partial charge in [-0.25, -0.2) is 0 Å². The van der Waals surface area contributed by atoms with Gasteiger partial charge in [0.25, 0.3) is 0 Å². The van der Waals surface area contributed by atoms with Crippen LogP contribution in [0.1, 0.15) is 45.6 Å². The summed E-state index contributed by atoms with van der Waals surface area (Å²) >= 11 is 0. The Morgan fingerprint density at radius 3 is 2.90 bits per heavy atom. The highest BCUT2D eigenvalue weighted by Gasteiger charge is 2.32. The molecule has 0 amide bonds. The Bertz CT molecular complexity index is 429. The van der Waals surface area contributed by atoms with E-state index in [2.05, 4.69) is 38.2 Å². The molecule has 0 aliphatic carbocycles. The molecule has 3 heteroatoms. The average Bonchev–Trinajstić information content (AvgIpc) is 2.72. The molecule has 0 radical (unpaired) electrons. The summed E-state index contributed by atoms with van der Waals surface area (Å²) in [4.78, 5) is 0. The van der Waals surface area contributed by atoms with Crippen molar-refractivity contribution in [2.75, 3.05) is 19.7 Å². The molecule has 20 heavy (non-hydrogen) atoms. The van der Waals surface area contributed by atoms with Gasteiger partial charge in [-0.2, -0.15) is 0 Å². The third-order valence-electron chi connectivity index (χ3n) is 3.49. The molecule has 0 fully saturated rings. The lowest BCUT2D eigenvalue weighted by molar-refractivity contribution is 0.132. The van der Waals surface area contributed by atoms with Crippen LogP contribution in [0.5, 0.6) is 11.5 Å². The number of fused-ring (bicyclic) bond motifs is 1. The highest BCUT2D eigenvalue weighted by Crippen LogP contribution is 2.41. The lowest BCUT2D eigenvalue weighted by atomic mass is 10.0. The van der Waals surface area contributed by atoms with Crippen molar-refractivity contribution < 1.29 is 9.47 Å². The summed E-state index contributed by atoms with van der Waals surface area (Å²) in [6.07, 6.45) is 4.38. The molecule has 1 aliphatic heterocycles. The summed E-state index contributed by atoms with van der Waals surface area (Å²) in [7, 11) is 0. The van der Waals surface area contributed by atoms with Crippen LogP contribution in [-0.2, 0) is 6.42 Å². The molecule has 1 aliphatic rings. The van der Waals surface area contributed by atoms with Gasteiger partial charge >= 0.3 is 0 Å². The van der Waals surface area contributed by atoms with E-state index < -0.39 is 0 Å². The lowest BCUT2D eigenvalue weighted by Gasteiger charge is -2.18. The second-order valence-electron chi connectivity index (χ2n) is 6.09. The number of hydrogen-bond acceptors (Lipinski definition) is 3. The highest BCUT2D eigenvalue weighted by atomic mass is 16.5. The zero-order valence-corrected chi connectivity index (χ0v) is 13.0. The second kappa shape index (κ2) is 6.98. The van der Waals surface area contributed by atoms with Crippen molar-refractivity contribution in [2.24, 2.45) is 0 Å². The van der Waals surface area contributed by atoms with E-state index in [1.807, 2.05) is 6.07 Å². The highest BCUT2D eigenvalue weighted by molar-refractivity contribution is 5.50. The van der Waals surface area contributed by atoms with Crippen LogP contribution in [-0.4, -0.2) is 25.3 Å². The number of rotatable bonds is 8. The van der Waals surface area contributed by atoms with Gasteiger partial charge in [-0.15, -0.1) is 0 Å². The molecule has 0 unspecified atom stereocenters. The summed E-state index contributed by atoms with van der Waals surface area (Å²) in [6, 6.07) is 6.20. The summed E-state index contributed by atoms with van der Waals surface area (Å²) in [5.74, 6) is 1.84. The van der Waals surface area contributed by atoms with Crippen LogP contribution in [0, 0.1) is 0 Å². The van der Waals surface area contributed by atoms with Crippen molar-refractivity contribution in [2.45, 2.75) is 52.1 Å². The van der Waals surface area contributed by atoms with Crippen LogP contribution >= 0.6 is 0 Å². The Kier molecular flexibility index (Phi) is 5.30. The molecule has 0 saturated carbocycles. The maximum atomic E-state index is 6.00. The first-order chi connectivity index (χ1) is 9.62. The van der Waals surface area contributed by atoms with E-state index in [1.165, 1.54) is 12.0 Å². The van der Waals surface area contributed by atoms with Crippen LogP contribution < -0.4 is 14.8 Å². The standard InChI is InChI=1S/C17H27NO2/c1-4-10-18-11-5-6-12-19-15-9-7-8-14-13-17(2,3)20-16(14)15/h7-9,18H,4-6,10-13H2,1-3H3. The molecule has 1 heterocycles. The fraction of sp³-hybridized carbons (Fsp3) is 0.647. The van der Waals surface area contributed by atoms with Gasteiger partial charge in [0, 0.05) is 12.0 Å². The SMILES string of the molecule is CCCNCCCCOc1cccc2c1OC(C)(C)C2. The van der Waals surface area contributed by atoms with Crippen LogP contribution in [0.4, 0.5) is 0 Å². The van der Waals surface area contributed by atoms with E-state index in [0.717, 1.165) is 50.5 Å². The third-order valence-corrected chi connectivity index (χ3v) is 3.49. The molecule has 0 aromatic heterocycles. The van der Waals surface area contributed by atoms with E-state index in [9.17, 15) is 0 Å². The monoisotopic (exact) mass is 277 g/mol. The van der Waals surface area contributed by atoms with Crippen molar-refractivity contribution in [3.05, 3.63) is 23.8 Å². The second-order valence-corrected chi connectivity index (χ2v) is 6.09. The molecule has 1 aromatic carbocycles. The van der Waals surface area contributed by atoms with Crippen molar-refractivity contribution in [3.8, 4) is 11.5 Å². The van der Waals surface area contributed by atoms with E-state index >= 15 is 0 Å². The molecule has 0 bridgehead atoms. The van der Waals surface area contributed by atoms with Crippen molar-refractivity contribution in [1.82, 2.24) is 5.32 Å². The number of hydrogen-bond donors (Lipinski definition) is 1. The first kappa shape index (κ1) is 15.2. The van der Waals surface area contributed by atoms with Gasteiger partial charge in [0.15, 0.2) is 11.5 Å². The number of nitrogens with one attached hydrogen (secondary N) is 1. The van der Waals surface area contributed by atoms with E-state index in [4.69, 9.17) is 9.47 Å². The first-order valence-corrected chi connectivity index (χ1v) is 7.77. The Hall–Kier alpha value is -1.22. The summed E-state index contributed by atoms with van der Waals surface area (Å²) in [5.41, 5.74) is 1.16. The topological polar surface area (TPSA) is 30.5 Å². The zero-order chi connectivity index (χ0) is 14.4. The molecule has 0 atom stereocenters. The molecule has 1 N–H and O–H groups in total. The molecule has 0 spiro atoms. The third kappa shape index (κ3) is 4.14. The van der Waals surface area contributed by atoms with Crippen LogP contribution in [0.25, 0.3) is 0 Å². The molecular formula is C17H27NO2. The zero-order valence-electron chi connectivity index (χ0n) is 13.0. The Morgan fingerprint density at radius 1 is 1.25 bits per heavy atom. The molecular weight excluding hydrogens is 250 g/mol. The Balaban J connectivity index is 1.76. The lowest BCUT2D eigenvalue weighted by Crippen LogP contribution is -2.24. The minimum Gasteiger partial charge on any atom is -0.490 e. The predicted molar refractivity (Wildman–Crippen MR) is 82.7 cm³/mol. The number of benzene rings is 1. The molecule has 2 rings (SSSR count). The van der Waals surface area contributed by atoms with Gasteiger partial charge in [-0.3, -0.25) is 0 Å². The number of unbranched alkanes of at least 4 members (excludes halogenated alkanes) is 1.